The van der Waals surface area contributed by atoms with Crippen molar-refractivity contribution >= 4 is 29.3 Å². The van der Waals surface area contributed by atoms with Crippen LogP contribution in [0.2, 0.25) is 5.02 Å². The molecule has 0 spiro atoms. The lowest BCUT2D eigenvalue weighted by molar-refractivity contribution is -0.118. The number of halogens is 1. The highest BCUT2D eigenvalue weighted by molar-refractivity contribution is 7.99. The average molecular weight is 398 g/mol. The van der Waals surface area contributed by atoms with E-state index in [1.807, 2.05) is 41.9 Å². The van der Waals surface area contributed by atoms with Crippen molar-refractivity contribution in [2.24, 2.45) is 7.05 Å². The first kappa shape index (κ1) is 19.0. The van der Waals surface area contributed by atoms with Crippen LogP contribution in [0.1, 0.15) is 11.1 Å². The number of hydrogen-bond acceptors (Lipinski definition) is 5. The molecule has 6 nitrogen and oxygen atoms in total. The van der Waals surface area contributed by atoms with Crippen LogP contribution in [0, 0.1) is 11.3 Å². The third-order valence-corrected chi connectivity index (χ3v) is 5.08. The highest BCUT2D eigenvalue weighted by Gasteiger charge is 2.13. The van der Waals surface area contributed by atoms with Gasteiger partial charge >= 0.3 is 0 Å². The van der Waals surface area contributed by atoms with Gasteiger partial charge in [0, 0.05) is 24.2 Å². The number of hydrogen-bond donors (Lipinski definition) is 1. The summed E-state index contributed by atoms with van der Waals surface area (Å²) in [6.07, 6.45) is 0. The van der Waals surface area contributed by atoms with Gasteiger partial charge in [0.1, 0.15) is 0 Å². The van der Waals surface area contributed by atoms with E-state index in [-0.39, 0.29) is 11.7 Å². The molecule has 0 aliphatic rings. The van der Waals surface area contributed by atoms with Crippen LogP contribution in [-0.4, -0.2) is 26.4 Å². The first-order valence-corrected chi connectivity index (χ1v) is 9.47. The van der Waals surface area contributed by atoms with Gasteiger partial charge in [0.15, 0.2) is 11.0 Å². The molecule has 0 saturated heterocycles. The van der Waals surface area contributed by atoms with Crippen LogP contribution in [0.5, 0.6) is 0 Å². The third-order valence-electron chi connectivity index (χ3n) is 3.82. The molecule has 0 aliphatic heterocycles. The van der Waals surface area contributed by atoms with E-state index in [1.54, 1.807) is 18.2 Å². The number of benzene rings is 2. The summed E-state index contributed by atoms with van der Waals surface area (Å²) in [6, 6.07) is 16.6. The van der Waals surface area contributed by atoms with E-state index in [0.29, 0.717) is 28.1 Å². The molecule has 0 unspecified atom stereocenters. The van der Waals surface area contributed by atoms with Crippen LogP contribution in [-0.2, 0) is 18.4 Å². The molecule has 2 aromatic carbocycles. The van der Waals surface area contributed by atoms with E-state index < -0.39 is 0 Å². The normalized spacial score (nSPS) is 10.4. The van der Waals surface area contributed by atoms with Gasteiger partial charge in [-0.1, -0.05) is 47.6 Å². The quantitative estimate of drug-likeness (QED) is 0.644. The van der Waals surface area contributed by atoms with Crippen molar-refractivity contribution < 1.29 is 4.79 Å². The number of amides is 1. The first-order chi connectivity index (χ1) is 13.1. The Hall–Kier alpha value is -2.82. The van der Waals surface area contributed by atoms with Crippen LogP contribution in [0.3, 0.4) is 0 Å². The highest BCUT2D eigenvalue weighted by atomic mass is 35.5. The van der Waals surface area contributed by atoms with Crippen molar-refractivity contribution in [2.75, 3.05) is 5.75 Å². The SMILES string of the molecule is Cn1c(SCC(=O)NCc2ccc(C#N)cc2)nnc1-c1cccc(Cl)c1. The number of nitrogens with zero attached hydrogens (tertiary/aromatic N) is 4. The van der Waals surface area contributed by atoms with E-state index >= 15 is 0 Å². The zero-order valence-electron chi connectivity index (χ0n) is 14.5. The highest BCUT2D eigenvalue weighted by Crippen LogP contribution is 2.24. The van der Waals surface area contributed by atoms with Crippen LogP contribution in [0.15, 0.2) is 53.7 Å². The molecule has 136 valence electrons. The van der Waals surface area contributed by atoms with Gasteiger partial charge in [-0.05, 0) is 29.8 Å². The fourth-order valence-corrected chi connectivity index (χ4v) is 3.33. The Morgan fingerprint density at radius 3 is 2.74 bits per heavy atom. The summed E-state index contributed by atoms with van der Waals surface area (Å²) >= 11 is 7.34. The standard InChI is InChI=1S/C19H16ClN5OS/c1-25-18(15-3-2-4-16(20)9-15)23-24-19(25)27-12-17(26)22-11-14-7-5-13(10-21)6-8-14/h2-9H,11-12H2,1H3,(H,22,26). The molecular weight excluding hydrogens is 382 g/mol. The number of aromatic nitrogens is 3. The van der Waals surface area contributed by atoms with Crippen molar-refractivity contribution in [3.63, 3.8) is 0 Å². The molecule has 27 heavy (non-hydrogen) atoms. The molecule has 0 radical (unpaired) electrons. The van der Waals surface area contributed by atoms with Crippen molar-refractivity contribution in [2.45, 2.75) is 11.7 Å². The fourth-order valence-electron chi connectivity index (χ4n) is 2.40. The predicted molar refractivity (Wildman–Crippen MR) is 105 cm³/mol. The Balaban J connectivity index is 1.55. The largest absolute Gasteiger partial charge is 0.351 e. The van der Waals surface area contributed by atoms with Crippen molar-refractivity contribution in [3.8, 4) is 17.5 Å². The Labute approximate surface area is 166 Å². The molecular formula is C19H16ClN5OS. The second kappa shape index (κ2) is 8.71. The topological polar surface area (TPSA) is 83.6 Å². The summed E-state index contributed by atoms with van der Waals surface area (Å²) in [5.41, 5.74) is 2.40. The second-order valence-electron chi connectivity index (χ2n) is 5.75. The maximum Gasteiger partial charge on any atom is 0.230 e. The summed E-state index contributed by atoms with van der Waals surface area (Å²) in [6.45, 7) is 0.414. The van der Waals surface area contributed by atoms with Crippen molar-refractivity contribution in [1.29, 1.82) is 5.26 Å². The Morgan fingerprint density at radius 2 is 2.04 bits per heavy atom. The van der Waals surface area contributed by atoms with E-state index in [2.05, 4.69) is 21.6 Å². The molecule has 0 atom stereocenters. The van der Waals surface area contributed by atoms with E-state index in [4.69, 9.17) is 16.9 Å². The molecule has 1 heterocycles. The van der Waals surface area contributed by atoms with Gasteiger partial charge in [0.05, 0.1) is 17.4 Å². The Kier molecular flexibility index (Phi) is 6.12. The number of carbonyl (C=O) groups is 1. The molecule has 0 aliphatic carbocycles. The van der Waals surface area contributed by atoms with Gasteiger partial charge in [-0.3, -0.25) is 4.79 Å². The van der Waals surface area contributed by atoms with Gasteiger partial charge in [0.2, 0.25) is 5.91 Å². The maximum atomic E-state index is 12.1. The van der Waals surface area contributed by atoms with Gasteiger partial charge in [-0.2, -0.15) is 5.26 Å². The molecule has 1 amide bonds. The minimum atomic E-state index is -0.100. The lowest BCUT2D eigenvalue weighted by atomic mass is 10.1. The smallest absolute Gasteiger partial charge is 0.230 e. The van der Waals surface area contributed by atoms with Crippen LogP contribution in [0.25, 0.3) is 11.4 Å². The first-order valence-electron chi connectivity index (χ1n) is 8.10. The monoisotopic (exact) mass is 397 g/mol. The molecule has 0 bridgehead atoms. The van der Waals surface area contributed by atoms with E-state index in [9.17, 15) is 4.79 Å². The zero-order chi connectivity index (χ0) is 19.2. The summed E-state index contributed by atoms with van der Waals surface area (Å²) < 4.78 is 1.84. The van der Waals surface area contributed by atoms with E-state index in [0.717, 1.165) is 11.1 Å². The molecule has 1 aromatic heterocycles. The summed E-state index contributed by atoms with van der Waals surface area (Å²) in [5.74, 6) is 0.826. The number of nitriles is 1. The lowest BCUT2D eigenvalue weighted by Gasteiger charge is -2.06. The molecule has 8 heteroatoms. The lowest BCUT2D eigenvalue weighted by Crippen LogP contribution is -2.24. The number of rotatable bonds is 6. The summed E-state index contributed by atoms with van der Waals surface area (Å²) in [5, 5.41) is 21.3. The minimum Gasteiger partial charge on any atom is -0.351 e. The van der Waals surface area contributed by atoms with Gasteiger partial charge < -0.3 is 9.88 Å². The maximum absolute atomic E-state index is 12.1. The minimum absolute atomic E-state index is 0.100. The fraction of sp³-hybridized carbons (Fsp3) is 0.158. The molecule has 3 rings (SSSR count). The Bertz CT molecular complexity index is 994. The third kappa shape index (κ3) is 4.88. The van der Waals surface area contributed by atoms with Crippen molar-refractivity contribution in [1.82, 2.24) is 20.1 Å². The summed E-state index contributed by atoms with van der Waals surface area (Å²) in [4.78, 5) is 12.1. The Morgan fingerprint density at radius 1 is 1.26 bits per heavy atom. The number of carbonyl (C=O) groups excluding carboxylic acids is 1. The zero-order valence-corrected chi connectivity index (χ0v) is 16.1. The van der Waals surface area contributed by atoms with Gasteiger partial charge in [-0.25, -0.2) is 0 Å². The van der Waals surface area contributed by atoms with Crippen LogP contribution >= 0.6 is 23.4 Å². The second-order valence-corrected chi connectivity index (χ2v) is 7.13. The molecule has 3 aromatic rings. The van der Waals surface area contributed by atoms with Crippen molar-refractivity contribution in [3.05, 3.63) is 64.7 Å². The van der Waals surface area contributed by atoms with Crippen LogP contribution in [0.4, 0.5) is 0 Å². The van der Waals surface area contributed by atoms with Gasteiger partial charge in [0.25, 0.3) is 0 Å². The van der Waals surface area contributed by atoms with Gasteiger partial charge in [-0.15, -0.1) is 10.2 Å². The summed E-state index contributed by atoms with van der Waals surface area (Å²) in [7, 11) is 1.85. The average Bonchev–Trinajstić information content (AvgIpc) is 3.05. The van der Waals surface area contributed by atoms with E-state index in [1.165, 1.54) is 11.8 Å². The predicted octanol–water partition coefficient (Wildman–Crippen LogP) is 3.42. The van der Waals surface area contributed by atoms with Crippen LogP contribution < -0.4 is 5.32 Å². The molecule has 1 N–H and O–H groups in total. The number of nitrogens with one attached hydrogen (secondary N) is 1. The number of thioether (sulfide) groups is 1. The molecule has 0 fully saturated rings. The molecule has 0 saturated carbocycles.